The van der Waals surface area contributed by atoms with Crippen molar-refractivity contribution in [1.82, 2.24) is 9.88 Å². The van der Waals surface area contributed by atoms with Crippen molar-refractivity contribution in [1.29, 1.82) is 5.41 Å². The summed E-state index contributed by atoms with van der Waals surface area (Å²) >= 11 is 6.33. The lowest BCUT2D eigenvalue weighted by Crippen LogP contribution is -2.39. The van der Waals surface area contributed by atoms with E-state index < -0.39 is 0 Å². The van der Waals surface area contributed by atoms with Crippen LogP contribution in [0.2, 0.25) is 5.02 Å². The summed E-state index contributed by atoms with van der Waals surface area (Å²) in [5.74, 6) is 0.0491. The number of carbonyl (C=O) groups is 1. The van der Waals surface area contributed by atoms with Crippen LogP contribution in [0, 0.1) is 5.41 Å². The number of hydrogen-bond donors (Lipinski definition) is 4. The van der Waals surface area contributed by atoms with Gasteiger partial charge in [-0.05, 0) is 54.3 Å². The standard InChI is InChI=1S/C29H29ClN4O3/c1-37-16-20-8-5-9-34(20)27(35)12-17-10-21(18-6-3-2-4-7-18)28(36)23(11-17)26-14-19-13-22(29(31)32)24(30)15-25(19)33-26/h2-4,6-7,10-11,13-15,20,33,36H,5,8-9,12,16H2,1H3,(H3,31,32). The molecule has 7 nitrogen and oxygen atoms in total. The number of methoxy groups -OCH3 is 1. The van der Waals surface area contributed by atoms with Gasteiger partial charge in [0.05, 0.1) is 29.8 Å². The largest absolute Gasteiger partial charge is 0.507 e. The minimum absolute atomic E-state index is 0.0460. The minimum Gasteiger partial charge on any atom is -0.507 e. The molecule has 8 heteroatoms. The van der Waals surface area contributed by atoms with Crippen molar-refractivity contribution in [3.05, 3.63) is 76.8 Å². The lowest BCUT2D eigenvalue weighted by Gasteiger charge is -2.24. The molecule has 0 radical (unpaired) electrons. The first-order chi connectivity index (χ1) is 17.9. The van der Waals surface area contributed by atoms with E-state index >= 15 is 0 Å². The number of halogens is 1. The van der Waals surface area contributed by atoms with Crippen LogP contribution < -0.4 is 5.73 Å². The van der Waals surface area contributed by atoms with Gasteiger partial charge in [-0.2, -0.15) is 0 Å². The zero-order valence-corrected chi connectivity index (χ0v) is 21.3. The number of nitrogen functional groups attached to an aromatic ring is 1. The lowest BCUT2D eigenvalue weighted by atomic mass is 9.95. The van der Waals surface area contributed by atoms with E-state index in [4.69, 9.17) is 27.5 Å². The summed E-state index contributed by atoms with van der Waals surface area (Å²) < 4.78 is 5.32. The summed E-state index contributed by atoms with van der Waals surface area (Å²) in [5.41, 5.74) is 10.5. The van der Waals surface area contributed by atoms with Gasteiger partial charge in [-0.3, -0.25) is 10.2 Å². The molecule has 1 atom stereocenters. The van der Waals surface area contributed by atoms with Crippen LogP contribution in [-0.4, -0.2) is 53.0 Å². The van der Waals surface area contributed by atoms with E-state index in [2.05, 4.69) is 4.98 Å². The maximum atomic E-state index is 13.3. The van der Waals surface area contributed by atoms with Crippen LogP contribution in [0.15, 0.2) is 60.7 Å². The first-order valence-electron chi connectivity index (χ1n) is 12.2. The molecule has 1 aromatic heterocycles. The number of aromatic amines is 1. The number of aromatic nitrogens is 1. The highest BCUT2D eigenvalue weighted by Crippen LogP contribution is 2.40. The molecule has 3 aromatic carbocycles. The lowest BCUT2D eigenvalue weighted by molar-refractivity contribution is -0.132. The molecule has 1 amide bonds. The molecule has 5 rings (SSSR count). The number of hydrogen-bond acceptors (Lipinski definition) is 4. The monoisotopic (exact) mass is 516 g/mol. The number of carbonyl (C=O) groups excluding carboxylic acids is 1. The van der Waals surface area contributed by atoms with Crippen LogP contribution in [0.25, 0.3) is 33.3 Å². The first-order valence-corrected chi connectivity index (χ1v) is 12.6. The molecule has 1 aliphatic heterocycles. The van der Waals surface area contributed by atoms with Crippen LogP contribution in [0.1, 0.15) is 24.0 Å². The van der Waals surface area contributed by atoms with Crippen LogP contribution in [0.3, 0.4) is 0 Å². The summed E-state index contributed by atoms with van der Waals surface area (Å²) in [6.45, 7) is 1.26. The number of phenolic OH excluding ortho intramolecular Hbond substituents is 1. The van der Waals surface area contributed by atoms with Gasteiger partial charge in [0.2, 0.25) is 5.91 Å². The molecule has 190 valence electrons. The Morgan fingerprint density at radius 3 is 2.68 bits per heavy atom. The third kappa shape index (κ3) is 4.92. The van der Waals surface area contributed by atoms with Gasteiger partial charge in [-0.1, -0.05) is 41.9 Å². The van der Waals surface area contributed by atoms with Gasteiger partial charge in [0, 0.05) is 41.2 Å². The number of ether oxygens (including phenoxy) is 1. The minimum atomic E-state index is -0.113. The fourth-order valence-electron chi connectivity index (χ4n) is 5.15. The Balaban J connectivity index is 1.59. The number of aromatic hydroxyl groups is 1. The summed E-state index contributed by atoms with van der Waals surface area (Å²) in [4.78, 5) is 18.6. The maximum Gasteiger partial charge on any atom is 0.227 e. The molecule has 2 heterocycles. The van der Waals surface area contributed by atoms with Gasteiger partial charge >= 0.3 is 0 Å². The number of rotatable bonds is 7. The van der Waals surface area contributed by atoms with Crippen molar-refractivity contribution >= 4 is 34.2 Å². The predicted molar refractivity (Wildman–Crippen MR) is 147 cm³/mol. The predicted octanol–water partition coefficient (Wildman–Crippen LogP) is 5.32. The maximum absolute atomic E-state index is 13.3. The molecule has 37 heavy (non-hydrogen) atoms. The Morgan fingerprint density at radius 2 is 1.95 bits per heavy atom. The zero-order valence-electron chi connectivity index (χ0n) is 20.6. The molecule has 4 aromatic rings. The zero-order chi connectivity index (χ0) is 26.1. The van der Waals surface area contributed by atoms with Crippen molar-refractivity contribution in [3.8, 4) is 28.1 Å². The summed E-state index contributed by atoms with van der Waals surface area (Å²) in [5, 5.41) is 20.4. The number of benzene rings is 3. The fraction of sp³-hybridized carbons (Fsp3) is 0.241. The second-order valence-corrected chi connectivity index (χ2v) is 9.84. The highest BCUT2D eigenvalue weighted by molar-refractivity contribution is 6.34. The van der Waals surface area contributed by atoms with Gasteiger partial charge in [0.1, 0.15) is 11.6 Å². The Kier molecular flexibility index (Phi) is 6.91. The van der Waals surface area contributed by atoms with Crippen molar-refractivity contribution < 1.29 is 14.6 Å². The molecule has 1 fully saturated rings. The SMILES string of the molecule is COCC1CCCN1C(=O)Cc1cc(-c2ccccc2)c(O)c(-c2cc3cc(C(=N)N)c(Cl)cc3[nH]2)c1. The van der Waals surface area contributed by atoms with Crippen molar-refractivity contribution in [2.24, 2.45) is 5.73 Å². The normalized spacial score (nSPS) is 15.4. The molecular formula is C29H29ClN4O3. The van der Waals surface area contributed by atoms with Crippen LogP contribution >= 0.6 is 11.6 Å². The van der Waals surface area contributed by atoms with E-state index in [0.29, 0.717) is 34.0 Å². The van der Waals surface area contributed by atoms with Crippen molar-refractivity contribution in [2.75, 3.05) is 20.3 Å². The third-order valence-electron chi connectivity index (χ3n) is 6.96. The number of H-pyrrole nitrogens is 1. The number of fused-ring (bicyclic) bond motifs is 1. The van der Waals surface area contributed by atoms with Gasteiger partial charge in [-0.15, -0.1) is 0 Å². The average Bonchev–Trinajstić information content (AvgIpc) is 3.51. The van der Waals surface area contributed by atoms with E-state index in [1.54, 1.807) is 19.2 Å². The number of amides is 1. The smallest absolute Gasteiger partial charge is 0.227 e. The molecule has 1 aliphatic rings. The fourth-order valence-corrected chi connectivity index (χ4v) is 5.42. The second-order valence-electron chi connectivity index (χ2n) is 9.44. The van der Waals surface area contributed by atoms with Gasteiger partial charge in [-0.25, -0.2) is 0 Å². The van der Waals surface area contributed by atoms with Crippen molar-refractivity contribution in [2.45, 2.75) is 25.3 Å². The van der Waals surface area contributed by atoms with E-state index in [9.17, 15) is 9.90 Å². The number of nitrogens with zero attached hydrogens (tertiary/aromatic N) is 1. The Labute approximate surface area is 220 Å². The van der Waals surface area contributed by atoms with E-state index in [-0.39, 0.29) is 30.0 Å². The molecule has 5 N–H and O–H groups in total. The molecule has 0 aliphatic carbocycles. The molecule has 0 spiro atoms. The molecule has 0 saturated carbocycles. The summed E-state index contributed by atoms with van der Waals surface area (Å²) in [7, 11) is 1.66. The third-order valence-corrected chi connectivity index (χ3v) is 7.27. The van der Waals surface area contributed by atoms with E-state index in [1.807, 2.05) is 53.4 Å². The molecule has 0 bridgehead atoms. The Morgan fingerprint density at radius 1 is 1.19 bits per heavy atom. The topological polar surface area (TPSA) is 115 Å². The second kappa shape index (κ2) is 10.3. The van der Waals surface area contributed by atoms with Crippen LogP contribution in [0.5, 0.6) is 5.75 Å². The van der Waals surface area contributed by atoms with Gasteiger partial charge in [0.25, 0.3) is 0 Å². The van der Waals surface area contributed by atoms with E-state index in [1.165, 1.54) is 0 Å². The summed E-state index contributed by atoms with van der Waals surface area (Å²) in [6.07, 6.45) is 2.12. The molecule has 1 saturated heterocycles. The Hall–Kier alpha value is -3.81. The number of nitrogens with one attached hydrogen (secondary N) is 2. The highest BCUT2D eigenvalue weighted by atomic mass is 35.5. The highest BCUT2D eigenvalue weighted by Gasteiger charge is 2.29. The summed E-state index contributed by atoms with van der Waals surface area (Å²) in [6, 6.07) is 18.8. The number of amidine groups is 1. The number of phenols is 1. The van der Waals surface area contributed by atoms with E-state index in [0.717, 1.165) is 41.4 Å². The molecular weight excluding hydrogens is 488 g/mol. The van der Waals surface area contributed by atoms with Crippen LogP contribution in [-0.2, 0) is 16.0 Å². The first kappa shape index (κ1) is 24.9. The van der Waals surface area contributed by atoms with Gasteiger partial charge < -0.3 is 25.5 Å². The molecule has 1 unspecified atom stereocenters. The van der Waals surface area contributed by atoms with Gasteiger partial charge in [0.15, 0.2) is 0 Å². The van der Waals surface area contributed by atoms with Crippen molar-refractivity contribution in [3.63, 3.8) is 0 Å². The Bertz CT molecular complexity index is 1480. The number of nitrogens with two attached hydrogens (primary N) is 1. The average molecular weight is 517 g/mol. The van der Waals surface area contributed by atoms with Crippen LogP contribution in [0.4, 0.5) is 0 Å². The quantitative estimate of drug-likeness (QED) is 0.196. The number of likely N-dealkylation sites (tertiary alicyclic amines) is 1.